The van der Waals surface area contributed by atoms with Crippen LogP contribution in [0.4, 0.5) is 0 Å². The Hall–Kier alpha value is -0.120. The Kier molecular flexibility index (Phi) is 395000. The molecule has 0 saturated carbocycles. The van der Waals surface area contributed by atoms with Gasteiger partial charge in [-0.2, -0.15) is 0 Å². The minimum atomic E-state index is 0. The van der Waals surface area contributed by atoms with Gasteiger partial charge in [0.05, 0.1) is 0 Å². The third-order valence-electron chi connectivity index (χ3n) is 0. The first-order valence-electron chi connectivity index (χ1n) is 0. The molecule has 0 aromatic heterocycles. The van der Waals surface area contributed by atoms with E-state index in [1.54, 1.807) is 0 Å². The fraction of sp³-hybridized carbons (Fsp3) is 0. The molecule has 0 atom stereocenters. The standard InChI is InChI=1S/C.H3N.2O/h;1H3;;/q+4;;2*-2. The summed E-state index contributed by atoms with van der Waals surface area (Å²) in [7, 11) is 0. The van der Waals surface area contributed by atoms with Crippen molar-refractivity contribution in [3.63, 3.8) is 0 Å². The molecule has 0 spiro atoms. The normalized spacial score (nSPS) is 0. The summed E-state index contributed by atoms with van der Waals surface area (Å²) in [6.45, 7) is 0. The van der Waals surface area contributed by atoms with Gasteiger partial charge in [-0.05, 0) is 0 Å². The van der Waals surface area contributed by atoms with Crippen LogP contribution < -0.4 is 6.15 Å². The van der Waals surface area contributed by atoms with Crippen LogP contribution in [0.25, 0.3) is 0 Å². The molecule has 24 valence electrons. The van der Waals surface area contributed by atoms with Gasteiger partial charge in [0.1, 0.15) is 0 Å². The van der Waals surface area contributed by atoms with Gasteiger partial charge in [-0.15, -0.1) is 0 Å². The fourth-order valence-electron chi connectivity index (χ4n) is 0. The van der Waals surface area contributed by atoms with E-state index in [0.717, 1.165) is 0 Å². The van der Waals surface area contributed by atoms with E-state index in [1.165, 1.54) is 0 Å². The monoisotopic (exact) mass is 61.0 g/mol. The Morgan fingerprint density at radius 2 is 0.750 bits per heavy atom. The van der Waals surface area contributed by atoms with Gasteiger partial charge in [0, 0.05) is 0 Å². The van der Waals surface area contributed by atoms with E-state index in [4.69, 9.17) is 0 Å². The molecule has 0 saturated heterocycles. The molecule has 4 heavy (non-hydrogen) atoms. The fourth-order valence-corrected chi connectivity index (χ4v) is 0. The molecule has 0 aliphatic rings. The van der Waals surface area contributed by atoms with E-state index in [2.05, 4.69) is 0 Å². The first kappa shape index (κ1) is 2230. The molecule has 0 amide bonds. The molecule has 0 unspecified atom stereocenters. The molecule has 0 fully saturated rings. The van der Waals surface area contributed by atoms with Crippen molar-refractivity contribution in [1.29, 1.82) is 0 Å². The molecule has 0 aromatic carbocycles. The minimum absolute atomic E-state index is 0. The second-order valence-corrected chi connectivity index (χ2v) is 0. The smallest absolute Gasteiger partial charge is 2.00 e. The molecule has 0 aromatic rings. The van der Waals surface area contributed by atoms with Crippen molar-refractivity contribution in [2.75, 3.05) is 0 Å². The zero-order valence-corrected chi connectivity index (χ0v) is 2.02. The van der Waals surface area contributed by atoms with Crippen LogP contribution in [0, 0.1) is 7.43 Å². The van der Waals surface area contributed by atoms with Crippen LogP contribution in [0.5, 0.6) is 0 Å². The first-order valence-corrected chi connectivity index (χ1v) is 0. The Morgan fingerprint density at radius 1 is 0.750 bits per heavy atom. The van der Waals surface area contributed by atoms with Gasteiger partial charge < -0.3 is 17.1 Å². The van der Waals surface area contributed by atoms with Crippen LogP contribution in [0.3, 0.4) is 0 Å². The van der Waals surface area contributed by atoms with Gasteiger partial charge in [0.15, 0.2) is 0 Å². The van der Waals surface area contributed by atoms with Gasteiger partial charge in [-0.3, -0.25) is 0 Å². The molecule has 0 bridgehead atoms. The third-order valence-corrected chi connectivity index (χ3v) is 0. The molecule has 3 heteroatoms. The van der Waals surface area contributed by atoms with E-state index in [1.807, 2.05) is 0 Å². The van der Waals surface area contributed by atoms with E-state index >= 15 is 0 Å². The molecule has 0 aliphatic heterocycles. The molecule has 3 nitrogen and oxygen atoms in total. The molecular formula is CH3NO2. The van der Waals surface area contributed by atoms with E-state index in [-0.39, 0.29) is 24.5 Å². The summed E-state index contributed by atoms with van der Waals surface area (Å²) in [5.74, 6) is 0. The van der Waals surface area contributed by atoms with Gasteiger partial charge in [-0.1, -0.05) is 0 Å². The van der Waals surface area contributed by atoms with E-state index in [9.17, 15) is 0 Å². The summed E-state index contributed by atoms with van der Waals surface area (Å²) in [4.78, 5) is 0. The summed E-state index contributed by atoms with van der Waals surface area (Å²) >= 11 is 0. The predicted octanol–water partition coefficient (Wildman–Crippen LogP) is 0.00569. The maximum absolute atomic E-state index is 0. The second-order valence-electron chi connectivity index (χ2n) is 0. The van der Waals surface area contributed by atoms with Crippen molar-refractivity contribution in [2.24, 2.45) is 0 Å². The summed E-state index contributed by atoms with van der Waals surface area (Å²) in [6.07, 6.45) is 0. The molecule has 0 rings (SSSR count). The average Bonchev–Trinajstić information content (AvgIpc) is 0. The van der Waals surface area contributed by atoms with Crippen molar-refractivity contribution in [3.8, 4) is 0 Å². The Labute approximate surface area is 25.8 Å². The maximum atomic E-state index is 0. The minimum Gasteiger partial charge on any atom is -2.00 e. The van der Waals surface area contributed by atoms with Crippen molar-refractivity contribution in [1.82, 2.24) is 6.15 Å². The van der Waals surface area contributed by atoms with Crippen molar-refractivity contribution in [3.05, 3.63) is 7.43 Å². The Bertz CT molecular complexity index is 6.00. The predicted molar refractivity (Wildman–Crippen MR) is 9.64 cm³/mol. The number of rotatable bonds is 0. The van der Waals surface area contributed by atoms with E-state index in [0.29, 0.717) is 0 Å². The largest absolute Gasteiger partial charge is 4.00 e. The third kappa shape index (κ3) is 101. The summed E-state index contributed by atoms with van der Waals surface area (Å²) in [5, 5.41) is 0. The van der Waals surface area contributed by atoms with Crippen LogP contribution in [-0.2, 0) is 11.0 Å². The van der Waals surface area contributed by atoms with Crippen LogP contribution in [-0.4, -0.2) is 0 Å². The Morgan fingerprint density at radius 3 is 0.750 bits per heavy atom. The summed E-state index contributed by atoms with van der Waals surface area (Å²) in [6, 6.07) is 0. The average molecular weight is 61.0 g/mol. The van der Waals surface area contributed by atoms with Gasteiger partial charge >= 0.3 is 7.43 Å². The molecule has 0 radical (unpaired) electrons. The molecule has 0 aliphatic carbocycles. The Balaban J connectivity index is 0. The summed E-state index contributed by atoms with van der Waals surface area (Å²) < 4.78 is 0. The molecular weight excluding hydrogens is 58.0 g/mol. The van der Waals surface area contributed by atoms with Crippen LogP contribution in [0.15, 0.2) is 0 Å². The molecule has 0 heterocycles. The van der Waals surface area contributed by atoms with Crippen LogP contribution in [0.1, 0.15) is 0 Å². The summed E-state index contributed by atoms with van der Waals surface area (Å²) in [5.41, 5.74) is 0. The zero-order chi connectivity index (χ0) is 0. The van der Waals surface area contributed by atoms with Crippen LogP contribution in [0.2, 0.25) is 0 Å². The van der Waals surface area contributed by atoms with Crippen molar-refractivity contribution >= 4 is 0 Å². The quantitative estimate of drug-likeness (QED) is 0.419. The van der Waals surface area contributed by atoms with Crippen molar-refractivity contribution in [2.45, 2.75) is 0 Å². The SMILES string of the molecule is N.[C+4].[O-2].[O-2]. The number of hydrogen-bond acceptors (Lipinski definition) is 1. The van der Waals surface area contributed by atoms with Gasteiger partial charge in [-0.25, -0.2) is 0 Å². The number of hydrogen-bond donors (Lipinski definition) is 1. The molecule has 3 N–H and O–H groups in total. The maximum Gasteiger partial charge on any atom is 4.00 e. The topological polar surface area (TPSA) is 92.0 Å². The van der Waals surface area contributed by atoms with Gasteiger partial charge in [0.25, 0.3) is 0 Å². The van der Waals surface area contributed by atoms with Crippen LogP contribution >= 0.6 is 0 Å². The van der Waals surface area contributed by atoms with E-state index < -0.39 is 0 Å². The first-order chi connectivity index (χ1) is 0. The van der Waals surface area contributed by atoms with Gasteiger partial charge in [0.2, 0.25) is 0 Å². The van der Waals surface area contributed by atoms with Crippen molar-refractivity contribution < 1.29 is 11.0 Å². The second kappa shape index (κ2) is 707. The zero-order valence-electron chi connectivity index (χ0n) is 2.02.